The molecule has 0 radical (unpaired) electrons. The lowest BCUT2D eigenvalue weighted by Crippen LogP contribution is -2.27. The van der Waals surface area contributed by atoms with E-state index in [1.807, 2.05) is 6.07 Å². The van der Waals surface area contributed by atoms with Gasteiger partial charge in [0.05, 0.1) is 0 Å². The molecule has 2 N–H and O–H groups in total. The molecule has 0 saturated carbocycles. The third-order valence-electron chi connectivity index (χ3n) is 3.60. The van der Waals surface area contributed by atoms with Gasteiger partial charge in [0.1, 0.15) is 5.75 Å². The van der Waals surface area contributed by atoms with Crippen LogP contribution < -0.4 is 5.32 Å². The monoisotopic (exact) mass is 289 g/mol. The van der Waals surface area contributed by atoms with E-state index in [2.05, 4.69) is 56.6 Å². The Morgan fingerprint density at radius 1 is 1.15 bits per heavy atom. The molecule has 1 aromatic heterocycles. The highest BCUT2D eigenvalue weighted by atomic mass is 32.1. The molecule has 2 unspecified atom stereocenters. The number of benzene rings is 1. The molecule has 108 valence electrons. The van der Waals surface area contributed by atoms with Crippen LogP contribution >= 0.6 is 11.3 Å². The van der Waals surface area contributed by atoms with Crippen molar-refractivity contribution in [3.63, 3.8) is 0 Å². The van der Waals surface area contributed by atoms with Crippen molar-refractivity contribution in [3.8, 4) is 5.75 Å². The van der Waals surface area contributed by atoms with E-state index in [1.54, 1.807) is 17.4 Å². The number of thiophene rings is 1. The van der Waals surface area contributed by atoms with Crippen molar-refractivity contribution in [2.45, 2.75) is 39.8 Å². The molecule has 1 aromatic carbocycles. The maximum absolute atomic E-state index is 10.1. The second-order valence-electron chi connectivity index (χ2n) is 5.69. The summed E-state index contributed by atoms with van der Waals surface area (Å²) in [5.41, 5.74) is 2.14. The molecule has 2 atom stereocenters. The standard InChI is InChI=1S/C17H23NOS/c1-11(2)17(16-6-5-9-20-16)18-13(4)14-10-12(3)7-8-15(14)19/h5-11,13,17-19H,1-4H3. The van der Waals surface area contributed by atoms with Crippen LogP contribution in [0.4, 0.5) is 0 Å². The Balaban J connectivity index is 2.20. The first kappa shape index (κ1) is 15.1. The smallest absolute Gasteiger partial charge is 0.120 e. The van der Waals surface area contributed by atoms with Crippen molar-refractivity contribution in [1.29, 1.82) is 0 Å². The number of hydrogen-bond donors (Lipinski definition) is 2. The largest absolute Gasteiger partial charge is 0.508 e. The van der Waals surface area contributed by atoms with Crippen LogP contribution in [0, 0.1) is 12.8 Å². The highest BCUT2D eigenvalue weighted by molar-refractivity contribution is 7.10. The molecule has 0 spiro atoms. The zero-order chi connectivity index (χ0) is 14.7. The fourth-order valence-electron chi connectivity index (χ4n) is 2.45. The van der Waals surface area contributed by atoms with Gasteiger partial charge >= 0.3 is 0 Å². The van der Waals surface area contributed by atoms with Gasteiger partial charge in [-0.3, -0.25) is 0 Å². The molecule has 20 heavy (non-hydrogen) atoms. The normalized spacial score (nSPS) is 14.4. The average Bonchev–Trinajstić information content (AvgIpc) is 2.91. The molecular weight excluding hydrogens is 266 g/mol. The lowest BCUT2D eigenvalue weighted by molar-refractivity contribution is 0.370. The molecule has 2 rings (SSSR count). The number of aromatic hydroxyl groups is 1. The summed E-state index contributed by atoms with van der Waals surface area (Å²) in [6, 6.07) is 10.5. The number of hydrogen-bond acceptors (Lipinski definition) is 3. The highest BCUT2D eigenvalue weighted by Crippen LogP contribution is 2.31. The van der Waals surface area contributed by atoms with Crippen LogP contribution in [-0.2, 0) is 0 Å². The summed E-state index contributed by atoms with van der Waals surface area (Å²) in [5, 5.41) is 15.8. The summed E-state index contributed by atoms with van der Waals surface area (Å²) in [5.74, 6) is 0.868. The molecule has 2 aromatic rings. The minimum absolute atomic E-state index is 0.115. The Kier molecular flexibility index (Phi) is 4.84. The third-order valence-corrected chi connectivity index (χ3v) is 4.55. The van der Waals surface area contributed by atoms with Gasteiger partial charge in [-0.25, -0.2) is 0 Å². The van der Waals surface area contributed by atoms with Gasteiger partial charge in [0.15, 0.2) is 0 Å². The highest BCUT2D eigenvalue weighted by Gasteiger charge is 2.20. The maximum Gasteiger partial charge on any atom is 0.120 e. The van der Waals surface area contributed by atoms with Crippen LogP contribution in [0.2, 0.25) is 0 Å². The van der Waals surface area contributed by atoms with Gasteiger partial charge in [0, 0.05) is 22.5 Å². The minimum atomic E-state index is 0.115. The lowest BCUT2D eigenvalue weighted by Gasteiger charge is -2.26. The first-order valence-electron chi connectivity index (χ1n) is 7.08. The zero-order valence-corrected chi connectivity index (χ0v) is 13.4. The quantitative estimate of drug-likeness (QED) is 0.828. The van der Waals surface area contributed by atoms with Gasteiger partial charge in [-0.1, -0.05) is 37.6 Å². The molecule has 1 heterocycles. The Morgan fingerprint density at radius 2 is 1.90 bits per heavy atom. The topological polar surface area (TPSA) is 32.3 Å². The summed E-state index contributed by atoms with van der Waals surface area (Å²) in [6.45, 7) is 8.60. The first-order valence-corrected chi connectivity index (χ1v) is 7.96. The predicted molar refractivity (Wildman–Crippen MR) is 86.3 cm³/mol. The number of phenolic OH excluding ortho intramolecular Hbond substituents is 1. The summed E-state index contributed by atoms with van der Waals surface area (Å²) in [7, 11) is 0. The Hall–Kier alpha value is -1.32. The molecule has 0 saturated heterocycles. The van der Waals surface area contributed by atoms with Crippen LogP contribution in [0.15, 0.2) is 35.7 Å². The molecule has 0 amide bonds. The molecule has 0 bridgehead atoms. The van der Waals surface area contributed by atoms with E-state index >= 15 is 0 Å². The number of aryl methyl sites for hydroxylation is 1. The van der Waals surface area contributed by atoms with Crippen molar-refractivity contribution in [1.82, 2.24) is 5.32 Å². The van der Waals surface area contributed by atoms with Crippen LogP contribution in [-0.4, -0.2) is 5.11 Å². The van der Waals surface area contributed by atoms with Crippen LogP contribution in [0.1, 0.15) is 48.9 Å². The van der Waals surface area contributed by atoms with E-state index in [-0.39, 0.29) is 6.04 Å². The average molecular weight is 289 g/mol. The number of nitrogens with one attached hydrogen (secondary N) is 1. The molecule has 0 aliphatic carbocycles. The van der Waals surface area contributed by atoms with E-state index in [1.165, 1.54) is 10.4 Å². The fourth-order valence-corrected chi connectivity index (χ4v) is 3.41. The van der Waals surface area contributed by atoms with Crippen LogP contribution in [0.5, 0.6) is 5.75 Å². The molecule has 0 aliphatic rings. The van der Waals surface area contributed by atoms with Gasteiger partial charge in [0.2, 0.25) is 0 Å². The van der Waals surface area contributed by atoms with E-state index in [0.29, 0.717) is 17.7 Å². The van der Waals surface area contributed by atoms with Gasteiger partial charge in [-0.2, -0.15) is 0 Å². The van der Waals surface area contributed by atoms with Gasteiger partial charge in [-0.05, 0) is 37.3 Å². The van der Waals surface area contributed by atoms with Crippen molar-refractivity contribution in [3.05, 3.63) is 51.7 Å². The van der Waals surface area contributed by atoms with Crippen molar-refractivity contribution < 1.29 is 5.11 Å². The summed E-state index contributed by atoms with van der Waals surface area (Å²) in [4.78, 5) is 1.35. The third kappa shape index (κ3) is 3.41. The predicted octanol–water partition coefficient (Wildman–Crippen LogP) is 4.81. The van der Waals surface area contributed by atoms with E-state index in [9.17, 15) is 5.11 Å². The van der Waals surface area contributed by atoms with E-state index in [0.717, 1.165) is 5.56 Å². The van der Waals surface area contributed by atoms with Gasteiger partial charge in [0.25, 0.3) is 0 Å². The maximum atomic E-state index is 10.1. The minimum Gasteiger partial charge on any atom is -0.508 e. The van der Waals surface area contributed by atoms with Gasteiger partial charge in [-0.15, -0.1) is 11.3 Å². The second kappa shape index (κ2) is 6.42. The molecule has 0 fully saturated rings. The molecule has 2 nitrogen and oxygen atoms in total. The summed E-state index contributed by atoms with van der Waals surface area (Å²) in [6.07, 6.45) is 0. The van der Waals surface area contributed by atoms with Crippen LogP contribution in [0.3, 0.4) is 0 Å². The van der Waals surface area contributed by atoms with Crippen molar-refractivity contribution >= 4 is 11.3 Å². The number of rotatable bonds is 5. The van der Waals surface area contributed by atoms with E-state index < -0.39 is 0 Å². The summed E-state index contributed by atoms with van der Waals surface area (Å²) < 4.78 is 0. The Morgan fingerprint density at radius 3 is 2.50 bits per heavy atom. The molecular formula is C17H23NOS. The summed E-state index contributed by atoms with van der Waals surface area (Å²) >= 11 is 1.78. The zero-order valence-electron chi connectivity index (χ0n) is 12.6. The second-order valence-corrected chi connectivity index (χ2v) is 6.67. The Labute approximate surface area is 125 Å². The van der Waals surface area contributed by atoms with Crippen LogP contribution in [0.25, 0.3) is 0 Å². The number of phenols is 1. The van der Waals surface area contributed by atoms with Gasteiger partial charge < -0.3 is 10.4 Å². The SMILES string of the molecule is Cc1ccc(O)c(C(C)NC(c2cccs2)C(C)C)c1. The van der Waals surface area contributed by atoms with E-state index in [4.69, 9.17) is 0 Å². The fraction of sp³-hybridized carbons (Fsp3) is 0.412. The molecule has 3 heteroatoms. The Bertz CT molecular complexity index is 548. The lowest BCUT2D eigenvalue weighted by atomic mass is 9.98. The van der Waals surface area contributed by atoms with Crippen molar-refractivity contribution in [2.24, 2.45) is 5.92 Å². The van der Waals surface area contributed by atoms with Crippen molar-refractivity contribution in [2.75, 3.05) is 0 Å². The molecule has 0 aliphatic heterocycles. The first-order chi connectivity index (χ1) is 9.49.